The highest BCUT2D eigenvalue weighted by Crippen LogP contribution is 2.19. The van der Waals surface area contributed by atoms with E-state index in [1.807, 2.05) is 30.3 Å². The van der Waals surface area contributed by atoms with Gasteiger partial charge in [-0.15, -0.1) is 0 Å². The molecule has 2 N–H and O–H groups in total. The van der Waals surface area contributed by atoms with Crippen LogP contribution in [0, 0.1) is 0 Å². The fourth-order valence-corrected chi connectivity index (χ4v) is 3.25. The Balaban J connectivity index is 1.40. The van der Waals surface area contributed by atoms with Gasteiger partial charge in [0.05, 0.1) is 6.54 Å². The maximum Gasteiger partial charge on any atom is 0.234 e. The Labute approximate surface area is 155 Å². The van der Waals surface area contributed by atoms with Crippen molar-refractivity contribution in [1.29, 1.82) is 0 Å². The largest absolute Gasteiger partial charge is 0.508 e. The van der Waals surface area contributed by atoms with Crippen molar-refractivity contribution in [1.82, 2.24) is 10.2 Å². The second-order valence-corrected chi connectivity index (χ2v) is 6.90. The number of anilines is 1. The van der Waals surface area contributed by atoms with Gasteiger partial charge in [0.1, 0.15) is 5.75 Å². The molecule has 0 bridgehead atoms. The van der Waals surface area contributed by atoms with Gasteiger partial charge in [-0.3, -0.25) is 9.69 Å². The summed E-state index contributed by atoms with van der Waals surface area (Å²) in [7, 11) is 0. The van der Waals surface area contributed by atoms with Gasteiger partial charge < -0.3 is 15.3 Å². The predicted octanol–water partition coefficient (Wildman–Crippen LogP) is 2.43. The van der Waals surface area contributed by atoms with Gasteiger partial charge in [-0.1, -0.05) is 37.3 Å². The van der Waals surface area contributed by atoms with Crippen molar-refractivity contribution in [2.24, 2.45) is 0 Å². The maximum absolute atomic E-state index is 12.2. The van der Waals surface area contributed by atoms with Crippen LogP contribution in [0.2, 0.25) is 0 Å². The Kier molecular flexibility index (Phi) is 6.12. The van der Waals surface area contributed by atoms with Crippen LogP contribution in [0.1, 0.15) is 18.4 Å². The van der Waals surface area contributed by atoms with E-state index in [1.165, 1.54) is 5.56 Å². The second kappa shape index (κ2) is 8.72. The zero-order valence-corrected chi connectivity index (χ0v) is 15.3. The average Bonchev–Trinajstić information content (AvgIpc) is 2.68. The summed E-state index contributed by atoms with van der Waals surface area (Å²) in [6.45, 7) is 6.75. The topological polar surface area (TPSA) is 55.8 Å². The first-order chi connectivity index (χ1) is 12.6. The lowest BCUT2D eigenvalue weighted by Crippen LogP contribution is -2.49. The van der Waals surface area contributed by atoms with E-state index in [4.69, 9.17) is 0 Å². The van der Waals surface area contributed by atoms with Crippen molar-refractivity contribution in [2.45, 2.75) is 12.8 Å². The Bertz CT molecular complexity index is 695. The van der Waals surface area contributed by atoms with Crippen LogP contribution in [0.25, 0.3) is 0 Å². The minimum atomic E-state index is 0.0888. The summed E-state index contributed by atoms with van der Waals surface area (Å²) in [5.74, 6) is 0.686. The standard InChI is InChI=1S/C21H27N3O2/c1-17(18-5-3-2-4-6-18)15-22-21(26)16-23-11-13-24(14-12-23)19-7-9-20(25)10-8-19/h2-10,17,25H,11-16H2,1H3,(H,22,26)/t17-/m0/s1. The molecule has 1 atom stereocenters. The fraction of sp³-hybridized carbons (Fsp3) is 0.381. The lowest BCUT2D eigenvalue weighted by Gasteiger charge is -2.35. The Hall–Kier alpha value is -2.53. The van der Waals surface area contributed by atoms with E-state index in [9.17, 15) is 9.90 Å². The number of amides is 1. The molecule has 0 saturated carbocycles. The highest BCUT2D eigenvalue weighted by atomic mass is 16.3. The number of carbonyl (C=O) groups is 1. The number of phenols is 1. The summed E-state index contributed by atoms with van der Waals surface area (Å²) in [5.41, 5.74) is 2.36. The van der Waals surface area contributed by atoms with Crippen molar-refractivity contribution in [2.75, 3.05) is 44.2 Å². The van der Waals surface area contributed by atoms with Crippen LogP contribution < -0.4 is 10.2 Å². The third-order valence-corrected chi connectivity index (χ3v) is 4.93. The molecular formula is C21H27N3O2. The van der Waals surface area contributed by atoms with E-state index in [2.05, 4.69) is 34.2 Å². The molecule has 1 aliphatic rings. The molecule has 3 rings (SSSR count). The molecule has 2 aromatic carbocycles. The van der Waals surface area contributed by atoms with Gasteiger partial charge in [0.25, 0.3) is 0 Å². The first-order valence-electron chi connectivity index (χ1n) is 9.20. The molecule has 26 heavy (non-hydrogen) atoms. The van der Waals surface area contributed by atoms with Crippen LogP contribution in [0.4, 0.5) is 5.69 Å². The zero-order valence-electron chi connectivity index (χ0n) is 15.3. The normalized spacial score (nSPS) is 16.3. The Morgan fingerprint density at radius 2 is 1.69 bits per heavy atom. The van der Waals surface area contributed by atoms with Gasteiger partial charge in [-0.2, -0.15) is 0 Å². The Morgan fingerprint density at radius 3 is 2.35 bits per heavy atom. The van der Waals surface area contributed by atoms with E-state index >= 15 is 0 Å². The molecule has 1 amide bonds. The van der Waals surface area contributed by atoms with Crippen LogP contribution in [-0.4, -0.2) is 55.2 Å². The van der Waals surface area contributed by atoms with E-state index in [0.29, 0.717) is 19.0 Å². The van der Waals surface area contributed by atoms with E-state index < -0.39 is 0 Å². The monoisotopic (exact) mass is 353 g/mol. The number of nitrogens with zero attached hydrogens (tertiary/aromatic N) is 2. The number of hydrogen-bond donors (Lipinski definition) is 2. The van der Waals surface area contributed by atoms with Crippen LogP contribution >= 0.6 is 0 Å². The molecule has 0 radical (unpaired) electrons. The second-order valence-electron chi connectivity index (χ2n) is 6.90. The number of rotatable bonds is 6. The summed E-state index contributed by atoms with van der Waals surface area (Å²) in [4.78, 5) is 16.7. The van der Waals surface area contributed by atoms with E-state index in [1.54, 1.807) is 12.1 Å². The molecule has 0 spiro atoms. The molecule has 1 aliphatic heterocycles. The Morgan fingerprint density at radius 1 is 1.04 bits per heavy atom. The third kappa shape index (κ3) is 4.99. The molecule has 0 unspecified atom stereocenters. The van der Waals surface area contributed by atoms with Gasteiger partial charge >= 0.3 is 0 Å². The molecule has 5 heteroatoms. The molecule has 0 aliphatic carbocycles. The van der Waals surface area contributed by atoms with Crippen molar-refractivity contribution in [3.8, 4) is 5.75 Å². The maximum atomic E-state index is 12.2. The number of hydrogen-bond acceptors (Lipinski definition) is 4. The van der Waals surface area contributed by atoms with Crippen LogP contribution in [0.3, 0.4) is 0 Å². The molecule has 0 aromatic heterocycles. The van der Waals surface area contributed by atoms with Crippen molar-refractivity contribution >= 4 is 11.6 Å². The number of aromatic hydroxyl groups is 1. The summed E-state index contributed by atoms with van der Waals surface area (Å²) in [6, 6.07) is 17.5. The smallest absolute Gasteiger partial charge is 0.234 e. The summed E-state index contributed by atoms with van der Waals surface area (Å²) in [6.07, 6.45) is 0. The number of carbonyl (C=O) groups excluding carboxylic acids is 1. The number of phenolic OH excluding ortho intramolecular Hbond substituents is 1. The SMILES string of the molecule is C[C@@H](CNC(=O)CN1CCN(c2ccc(O)cc2)CC1)c1ccccc1. The minimum absolute atomic E-state index is 0.0888. The fourth-order valence-electron chi connectivity index (χ4n) is 3.25. The highest BCUT2D eigenvalue weighted by Gasteiger charge is 2.19. The van der Waals surface area contributed by atoms with Crippen LogP contribution in [0.15, 0.2) is 54.6 Å². The molecule has 1 fully saturated rings. The average molecular weight is 353 g/mol. The summed E-state index contributed by atoms with van der Waals surface area (Å²) < 4.78 is 0. The van der Waals surface area contributed by atoms with Crippen molar-refractivity contribution in [3.05, 3.63) is 60.2 Å². The molecule has 2 aromatic rings. The number of nitrogens with one attached hydrogen (secondary N) is 1. The van der Waals surface area contributed by atoms with Gasteiger partial charge in [0.15, 0.2) is 0 Å². The lowest BCUT2D eigenvalue weighted by atomic mass is 10.0. The minimum Gasteiger partial charge on any atom is -0.508 e. The molecule has 5 nitrogen and oxygen atoms in total. The molecular weight excluding hydrogens is 326 g/mol. The lowest BCUT2D eigenvalue weighted by molar-refractivity contribution is -0.122. The highest BCUT2D eigenvalue weighted by molar-refractivity contribution is 5.78. The predicted molar refractivity (Wildman–Crippen MR) is 105 cm³/mol. The quantitative estimate of drug-likeness (QED) is 0.838. The van der Waals surface area contributed by atoms with Crippen LogP contribution in [-0.2, 0) is 4.79 Å². The van der Waals surface area contributed by atoms with E-state index in [-0.39, 0.29) is 11.7 Å². The summed E-state index contributed by atoms with van der Waals surface area (Å²) >= 11 is 0. The van der Waals surface area contributed by atoms with Crippen molar-refractivity contribution < 1.29 is 9.90 Å². The molecule has 1 saturated heterocycles. The number of piperazine rings is 1. The summed E-state index contributed by atoms with van der Waals surface area (Å²) in [5, 5.41) is 12.4. The van der Waals surface area contributed by atoms with Gasteiger partial charge in [0, 0.05) is 38.4 Å². The first kappa shape index (κ1) is 18.3. The zero-order chi connectivity index (χ0) is 18.4. The molecule has 138 valence electrons. The van der Waals surface area contributed by atoms with Crippen LogP contribution in [0.5, 0.6) is 5.75 Å². The van der Waals surface area contributed by atoms with Gasteiger partial charge in [-0.05, 0) is 35.7 Å². The van der Waals surface area contributed by atoms with E-state index in [0.717, 1.165) is 31.9 Å². The third-order valence-electron chi connectivity index (χ3n) is 4.93. The molecule has 1 heterocycles. The van der Waals surface area contributed by atoms with Gasteiger partial charge in [-0.25, -0.2) is 0 Å². The number of benzene rings is 2. The first-order valence-corrected chi connectivity index (χ1v) is 9.20. The van der Waals surface area contributed by atoms with Crippen molar-refractivity contribution in [3.63, 3.8) is 0 Å². The van der Waals surface area contributed by atoms with Gasteiger partial charge in [0.2, 0.25) is 5.91 Å².